The summed E-state index contributed by atoms with van der Waals surface area (Å²) in [5, 5.41) is 17.6. The molecule has 0 saturated carbocycles. The lowest BCUT2D eigenvalue weighted by Gasteiger charge is -2.27. The van der Waals surface area contributed by atoms with E-state index in [9.17, 15) is 14.7 Å². The van der Waals surface area contributed by atoms with Gasteiger partial charge in [0.2, 0.25) is 0 Å². The number of carbonyl (C=O) groups excluding carboxylic acids is 1. The van der Waals surface area contributed by atoms with Gasteiger partial charge < -0.3 is 15.7 Å². The fourth-order valence-corrected chi connectivity index (χ4v) is 2.85. The molecule has 1 rings (SSSR count). The predicted octanol–water partition coefficient (Wildman–Crippen LogP) is 2.78. The minimum Gasteiger partial charge on any atom is -0.481 e. The zero-order chi connectivity index (χ0) is 15.9. The van der Waals surface area contributed by atoms with E-state index in [1.165, 1.54) is 11.3 Å². The number of nitrogens with zero attached hydrogens (tertiary/aromatic N) is 1. The average molecular weight is 313 g/mol. The average Bonchev–Trinajstić information content (AvgIpc) is 3.00. The molecular formula is C14H23N3O3S. The number of carboxylic acids is 1. The minimum absolute atomic E-state index is 0.121. The van der Waals surface area contributed by atoms with Crippen LogP contribution in [-0.4, -0.2) is 28.6 Å². The molecule has 6 nitrogen and oxygen atoms in total. The van der Waals surface area contributed by atoms with Crippen LogP contribution in [0.2, 0.25) is 0 Å². The number of hydrogen-bond acceptors (Lipinski definition) is 4. The Hall–Kier alpha value is -1.63. The molecule has 0 bridgehead atoms. The number of carboxylic acid groups (broad SMARTS) is 1. The fraction of sp³-hybridized carbons (Fsp3) is 0.643. The number of carbonyl (C=O) groups is 2. The highest BCUT2D eigenvalue weighted by Gasteiger charge is 2.35. The lowest BCUT2D eigenvalue weighted by molar-refractivity contribution is -0.149. The molecule has 118 valence electrons. The number of aromatic nitrogens is 1. The Morgan fingerprint density at radius 2 is 2.05 bits per heavy atom. The zero-order valence-corrected chi connectivity index (χ0v) is 13.5. The molecule has 1 heterocycles. The number of rotatable bonds is 8. The van der Waals surface area contributed by atoms with Crippen LogP contribution in [0.1, 0.15) is 51.1 Å². The van der Waals surface area contributed by atoms with Gasteiger partial charge in [-0.2, -0.15) is 0 Å². The smallest absolute Gasteiger partial charge is 0.315 e. The van der Waals surface area contributed by atoms with Crippen LogP contribution in [0, 0.1) is 5.41 Å². The Balaban J connectivity index is 2.59. The first kappa shape index (κ1) is 17.4. The summed E-state index contributed by atoms with van der Waals surface area (Å²) in [6, 6.07) is -0.503. The first-order chi connectivity index (χ1) is 9.99. The van der Waals surface area contributed by atoms with Crippen LogP contribution in [0.3, 0.4) is 0 Å². The van der Waals surface area contributed by atoms with Crippen molar-refractivity contribution in [1.82, 2.24) is 15.6 Å². The number of nitrogens with one attached hydrogen (secondary N) is 2. The molecule has 1 unspecified atom stereocenters. The first-order valence-electron chi connectivity index (χ1n) is 7.16. The number of thiazole rings is 1. The molecule has 0 aliphatic heterocycles. The maximum Gasteiger partial charge on any atom is 0.315 e. The molecule has 0 aliphatic carbocycles. The van der Waals surface area contributed by atoms with Crippen LogP contribution in [0.4, 0.5) is 4.79 Å². The van der Waals surface area contributed by atoms with Gasteiger partial charge in [0.15, 0.2) is 0 Å². The molecular weight excluding hydrogens is 290 g/mol. The summed E-state index contributed by atoms with van der Waals surface area (Å²) in [7, 11) is 0. The van der Waals surface area contributed by atoms with E-state index in [1.54, 1.807) is 6.20 Å². The van der Waals surface area contributed by atoms with Crippen LogP contribution in [0.25, 0.3) is 0 Å². The number of urea groups is 1. The fourth-order valence-electron chi connectivity index (χ4n) is 2.08. The molecule has 0 spiro atoms. The molecule has 1 atom stereocenters. The molecule has 0 radical (unpaired) electrons. The Morgan fingerprint density at radius 1 is 1.38 bits per heavy atom. The SMILES string of the molecule is CCC(NC(=O)NCC(CC)(CC)C(=O)O)c1nccs1. The molecule has 0 aliphatic rings. The second-order valence-corrected chi connectivity index (χ2v) is 5.88. The van der Waals surface area contributed by atoms with Crippen molar-refractivity contribution in [3.05, 3.63) is 16.6 Å². The van der Waals surface area contributed by atoms with Gasteiger partial charge in [-0.25, -0.2) is 9.78 Å². The van der Waals surface area contributed by atoms with Gasteiger partial charge in [-0.15, -0.1) is 11.3 Å². The second kappa shape index (κ2) is 7.97. The van der Waals surface area contributed by atoms with Gasteiger partial charge in [0.05, 0.1) is 11.5 Å². The van der Waals surface area contributed by atoms with Crippen LogP contribution < -0.4 is 10.6 Å². The Morgan fingerprint density at radius 3 is 2.48 bits per heavy atom. The van der Waals surface area contributed by atoms with Crippen molar-refractivity contribution in [2.75, 3.05) is 6.54 Å². The third kappa shape index (κ3) is 4.42. The van der Waals surface area contributed by atoms with Gasteiger partial charge in [0.1, 0.15) is 5.01 Å². The predicted molar refractivity (Wildman–Crippen MR) is 82.3 cm³/mol. The highest BCUT2D eigenvalue weighted by molar-refractivity contribution is 7.09. The van der Waals surface area contributed by atoms with E-state index in [2.05, 4.69) is 15.6 Å². The van der Waals surface area contributed by atoms with E-state index in [4.69, 9.17) is 0 Å². The molecule has 0 aromatic carbocycles. The zero-order valence-electron chi connectivity index (χ0n) is 12.7. The van der Waals surface area contributed by atoms with Crippen molar-refractivity contribution in [3.63, 3.8) is 0 Å². The maximum atomic E-state index is 12.0. The second-order valence-electron chi connectivity index (χ2n) is 4.95. The Bertz CT molecular complexity index is 458. The van der Waals surface area contributed by atoms with E-state index in [-0.39, 0.29) is 18.6 Å². The summed E-state index contributed by atoms with van der Waals surface area (Å²) < 4.78 is 0. The van der Waals surface area contributed by atoms with Crippen LogP contribution >= 0.6 is 11.3 Å². The summed E-state index contributed by atoms with van der Waals surface area (Å²) in [5.74, 6) is -0.875. The van der Waals surface area contributed by atoms with E-state index in [0.717, 1.165) is 11.4 Å². The third-order valence-electron chi connectivity index (χ3n) is 3.86. The lowest BCUT2D eigenvalue weighted by atomic mass is 9.82. The number of amides is 2. The summed E-state index contributed by atoms with van der Waals surface area (Å²) in [4.78, 5) is 27.5. The van der Waals surface area contributed by atoms with Crippen molar-refractivity contribution in [3.8, 4) is 0 Å². The van der Waals surface area contributed by atoms with Gasteiger partial charge in [0, 0.05) is 18.1 Å². The Labute approximate surface area is 129 Å². The van der Waals surface area contributed by atoms with Gasteiger partial charge in [-0.3, -0.25) is 4.79 Å². The third-order valence-corrected chi connectivity index (χ3v) is 4.75. The van der Waals surface area contributed by atoms with Gasteiger partial charge >= 0.3 is 12.0 Å². The summed E-state index contributed by atoms with van der Waals surface area (Å²) in [6.45, 7) is 5.73. The van der Waals surface area contributed by atoms with Crippen molar-refractivity contribution in [2.45, 2.75) is 46.1 Å². The first-order valence-corrected chi connectivity index (χ1v) is 8.04. The highest BCUT2D eigenvalue weighted by atomic mass is 32.1. The highest BCUT2D eigenvalue weighted by Crippen LogP contribution is 2.25. The minimum atomic E-state index is -0.903. The quantitative estimate of drug-likeness (QED) is 0.688. The number of aliphatic carboxylic acids is 1. The molecule has 0 saturated heterocycles. The number of hydrogen-bond donors (Lipinski definition) is 3. The normalized spacial score (nSPS) is 12.7. The van der Waals surface area contributed by atoms with E-state index in [0.29, 0.717) is 12.8 Å². The topological polar surface area (TPSA) is 91.3 Å². The summed E-state index contributed by atoms with van der Waals surface area (Å²) in [6.07, 6.45) is 3.38. The van der Waals surface area contributed by atoms with Gasteiger partial charge in [-0.05, 0) is 19.3 Å². The monoisotopic (exact) mass is 313 g/mol. The summed E-state index contributed by atoms with van der Waals surface area (Å²) >= 11 is 1.49. The molecule has 2 amide bonds. The van der Waals surface area contributed by atoms with Crippen molar-refractivity contribution >= 4 is 23.3 Å². The van der Waals surface area contributed by atoms with Crippen LogP contribution in [-0.2, 0) is 4.79 Å². The molecule has 7 heteroatoms. The van der Waals surface area contributed by atoms with Gasteiger partial charge in [0.25, 0.3) is 0 Å². The van der Waals surface area contributed by atoms with Crippen LogP contribution in [0.15, 0.2) is 11.6 Å². The van der Waals surface area contributed by atoms with Gasteiger partial charge in [-0.1, -0.05) is 20.8 Å². The lowest BCUT2D eigenvalue weighted by Crippen LogP contribution is -2.46. The van der Waals surface area contributed by atoms with Crippen molar-refractivity contribution < 1.29 is 14.7 Å². The Kier molecular flexibility index (Phi) is 6.61. The van der Waals surface area contributed by atoms with E-state index >= 15 is 0 Å². The maximum absolute atomic E-state index is 12.0. The van der Waals surface area contributed by atoms with Crippen LogP contribution in [0.5, 0.6) is 0 Å². The van der Waals surface area contributed by atoms with E-state index < -0.39 is 11.4 Å². The molecule has 3 N–H and O–H groups in total. The van der Waals surface area contributed by atoms with E-state index in [1.807, 2.05) is 26.2 Å². The standard InChI is InChI=1S/C14H23N3O3S/c1-4-10(11-15-7-8-21-11)17-13(20)16-9-14(5-2,6-3)12(18)19/h7-8,10H,4-6,9H2,1-3H3,(H,18,19)(H2,16,17,20). The van der Waals surface area contributed by atoms with Crippen molar-refractivity contribution in [1.29, 1.82) is 0 Å². The largest absolute Gasteiger partial charge is 0.481 e. The van der Waals surface area contributed by atoms with Crippen molar-refractivity contribution in [2.24, 2.45) is 5.41 Å². The molecule has 0 fully saturated rings. The molecule has 1 aromatic rings. The molecule has 1 aromatic heterocycles. The molecule has 21 heavy (non-hydrogen) atoms. The summed E-state index contributed by atoms with van der Waals surface area (Å²) in [5.41, 5.74) is -0.903.